The minimum atomic E-state index is -0.425. The number of hydrogen-bond acceptors (Lipinski definition) is 6. The molecule has 0 atom stereocenters. The second kappa shape index (κ2) is 9.30. The lowest BCUT2D eigenvalue weighted by Crippen LogP contribution is -2.30. The van der Waals surface area contributed by atoms with Gasteiger partial charge in [-0.15, -0.1) is 10.2 Å². The molecular formula is C22H25N5O3. The summed E-state index contributed by atoms with van der Waals surface area (Å²) in [5.41, 5.74) is 3.78. The SMILES string of the molecule is CCN(CC)C(=O)c1ccc(Cc2ccc(C(=O)OC)cc2-c2nnn(C)n2)cc1. The second-order valence-electron chi connectivity index (χ2n) is 6.82. The first-order chi connectivity index (χ1) is 14.5. The van der Waals surface area contributed by atoms with Crippen molar-refractivity contribution in [1.29, 1.82) is 0 Å². The topological polar surface area (TPSA) is 90.2 Å². The van der Waals surface area contributed by atoms with Crippen LogP contribution in [0.1, 0.15) is 45.7 Å². The summed E-state index contributed by atoms with van der Waals surface area (Å²) in [6.07, 6.45) is 0.592. The molecule has 0 aliphatic rings. The first-order valence-corrected chi connectivity index (χ1v) is 9.80. The van der Waals surface area contributed by atoms with Crippen LogP contribution in [0, 0.1) is 0 Å². The molecule has 0 aliphatic heterocycles. The first kappa shape index (κ1) is 21.2. The minimum Gasteiger partial charge on any atom is -0.465 e. The van der Waals surface area contributed by atoms with Gasteiger partial charge in [0, 0.05) is 24.2 Å². The van der Waals surface area contributed by atoms with E-state index >= 15 is 0 Å². The highest BCUT2D eigenvalue weighted by Crippen LogP contribution is 2.25. The molecule has 0 saturated carbocycles. The fraction of sp³-hybridized carbons (Fsp3) is 0.318. The lowest BCUT2D eigenvalue weighted by Gasteiger charge is -2.18. The third kappa shape index (κ3) is 4.53. The number of esters is 1. The molecule has 0 saturated heterocycles. The van der Waals surface area contributed by atoms with Crippen LogP contribution in [0.2, 0.25) is 0 Å². The molecule has 0 radical (unpaired) electrons. The highest BCUT2D eigenvalue weighted by Gasteiger charge is 2.16. The van der Waals surface area contributed by atoms with Crippen molar-refractivity contribution in [3.05, 3.63) is 64.7 Å². The summed E-state index contributed by atoms with van der Waals surface area (Å²) in [6, 6.07) is 12.9. The zero-order chi connectivity index (χ0) is 21.7. The fourth-order valence-electron chi connectivity index (χ4n) is 3.25. The normalized spacial score (nSPS) is 10.7. The van der Waals surface area contributed by atoms with Crippen molar-refractivity contribution < 1.29 is 14.3 Å². The van der Waals surface area contributed by atoms with E-state index in [1.807, 2.05) is 44.2 Å². The van der Waals surface area contributed by atoms with Crippen LogP contribution in [0.4, 0.5) is 0 Å². The molecule has 156 valence electrons. The van der Waals surface area contributed by atoms with Crippen LogP contribution in [0.5, 0.6) is 0 Å². The van der Waals surface area contributed by atoms with E-state index in [1.54, 1.807) is 24.1 Å². The van der Waals surface area contributed by atoms with Crippen molar-refractivity contribution in [3.8, 4) is 11.4 Å². The molecule has 8 heteroatoms. The fourth-order valence-corrected chi connectivity index (χ4v) is 3.25. The van der Waals surface area contributed by atoms with Crippen molar-refractivity contribution in [2.24, 2.45) is 7.05 Å². The highest BCUT2D eigenvalue weighted by molar-refractivity contribution is 5.94. The van der Waals surface area contributed by atoms with E-state index < -0.39 is 5.97 Å². The van der Waals surface area contributed by atoms with E-state index in [-0.39, 0.29) is 5.91 Å². The van der Waals surface area contributed by atoms with Gasteiger partial charge in [0.05, 0.1) is 19.7 Å². The molecule has 0 aliphatic carbocycles. The number of methoxy groups -OCH3 is 1. The number of ether oxygens (including phenoxy) is 1. The Hall–Kier alpha value is -3.55. The Morgan fingerprint density at radius 3 is 2.27 bits per heavy atom. The molecule has 30 heavy (non-hydrogen) atoms. The summed E-state index contributed by atoms with van der Waals surface area (Å²) in [6.45, 7) is 5.29. The monoisotopic (exact) mass is 407 g/mol. The third-order valence-corrected chi connectivity index (χ3v) is 4.93. The largest absolute Gasteiger partial charge is 0.465 e. The molecule has 1 heterocycles. The van der Waals surface area contributed by atoms with Gasteiger partial charge in [-0.2, -0.15) is 4.80 Å². The summed E-state index contributed by atoms with van der Waals surface area (Å²) in [7, 11) is 3.03. The number of amides is 1. The lowest BCUT2D eigenvalue weighted by atomic mass is 9.96. The highest BCUT2D eigenvalue weighted by atomic mass is 16.5. The van der Waals surface area contributed by atoms with Crippen LogP contribution >= 0.6 is 0 Å². The van der Waals surface area contributed by atoms with Crippen molar-refractivity contribution in [1.82, 2.24) is 25.1 Å². The molecule has 3 aromatic rings. The second-order valence-corrected chi connectivity index (χ2v) is 6.82. The Balaban J connectivity index is 1.90. The molecule has 1 amide bonds. The molecule has 8 nitrogen and oxygen atoms in total. The minimum absolute atomic E-state index is 0.0263. The third-order valence-electron chi connectivity index (χ3n) is 4.93. The number of nitrogens with zero attached hydrogens (tertiary/aromatic N) is 5. The van der Waals surface area contributed by atoms with Gasteiger partial charge in [-0.05, 0) is 60.9 Å². The predicted molar refractivity (Wildman–Crippen MR) is 112 cm³/mol. The Morgan fingerprint density at radius 2 is 1.70 bits per heavy atom. The summed E-state index contributed by atoms with van der Waals surface area (Å²) in [5, 5.41) is 12.3. The molecule has 3 rings (SSSR count). The predicted octanol–water partition coefficient (Wildman–Crippen LogP) is 2.74. The quantitative estimate of drug-likeness (QED) is 0.560. The molecular weight excluding hydrogens is 382 g/mol. The average Bonchev–Trinajstić information content (AvgIpc) is 3.20. The van der Waals surface area contributed by atoms with Crippen LogP contribution in [0.15, 0.2) is 42.5 Å². The van der Waals surface area contributed by atoms with Gasteiger partial charge in [-0.1, -0.05) is 18.2 Å². The van der Waals surface area contributed by atoms with Crippen molar-refractivity contribution >= 4 is 11.9 Å². The van der Waals surface area contributed by atoms with E-state index in [4.69, 9.17) is 4.74 Å². The van der Waals surface area contributed by atoms with Gasteiger partial charge in [0.2, 0.25) is 5.82 Å². The van der Waals surface area contributed by atoms with E-state index in [0.29, 0.717) is 42.0 Å². The zero-order valence-corrected chi connectivity index (χ0v) is 17.6. The van der Waals surface area contributed by atoms with Crippen LogP contribution in [0.3, 0.4) is 0 Å². The van der Waals surface area contributed by atoms with Crippen molar-refractivity contribution in [2.75, 3.05) is 20.2 Å². The number of benzene rings is 2. The summed E-state index contributed by atoms with van der Waals surface area (Å²) >= 11 is 0. The van der Waals surface area contributed by atoms with Crippen molar-refractivity contribution in [2.45, 2.75) is 20.3 Å². The molecule has 0 unspecified atom stereocenters. The van der Waals surface area contributed by atoms with Gasteiger partial charge < -0.3 is 9.64 Å². The van der Waals surface area contributed by atoms with E-state index in [2.05, 4.69) is 15.4 Å². The standard InChI is InChI=1S/C22H25N5O3/c1-5-27(6-2)21(28)16-9-7-15(8-10-16)13-17-11-12-18(22(29)30-4)14-19(17)20-23-25-26(3)24-20/h7-12,14H,5-6,13H2,1-4H3. The smallest absolute Gasteiger partial charge is 0.337 e. The maximum absolute atomic E-state index is 12.5. The van der Waals surface area contributed by atoms with E-state index in [0.717, 1.165) is 11.1 Å². The number of aryl methyl sites for hydroxylation is 1. The Labute approximate surface area is 175 Å². The lowest BCUT2D eigenvalue weighted by molar-refractivity contribution is 0.0600. The number of tetrazole rings is 1. The van der Waals surface area contributed by atoms with Gasteiger partial charge in [0.15, 0.2) is 0 Å². The van der Waals surface area contributed by atoms with Crippen molar-refractivity contribution in [3.63, 3.8) is 0 Å². The number of aromatic nitrogens is 4. The van der Waals surface area contributed by atoms with E-state index in [1.165, 1.54) is 11.9 Å². The summed E-state index contributed by atoms with van der Waals surface area (Å²) < 4.78 is 4.83. The molecule has 2 aromatic carbocycles. The molecule has 1 aromatic heterocycles. The summed E-state index contributed by atoms with van der Waals surface area (Å²) in [4.78, 5) is 27.6. The Kier molecular flexibility index (Phi) is 6.56. The van der Waals surface area contributed by atoms with Crippen LogP contribution in [0.25, 0.3) is 11.4 Å². The van der Waals surface area contributed by atoms with E-state index in [9.17, 15) is 9.59 Å². The van der Waals surface area contributed by atoms with Crippen LogP contribution < -0.4 is 0 Å². The van der Waals surface area contributed by atoms with Crippen LogP contribution in [-0.2, 0) is 18.2 Å². The Morgan fingerprint density at radius 1 is 1.03 bits per heavy atom. The Bertz CT molecular complexity index is 1040. The van der Waals surface area contributed by atoms with Gasteiger partial charge in [-0.3, -0.25) is 4.79 Å². The van der Waals surface area contributed by atoms with Gasteiger partial charge in [0.25, 0.3) is 5.91 Å². The number of carbonyl (C=O) groups is 2. The maximum Gasteiger partial charge on any atom is 0.337 e. The van der Waals surface area contributed by atoms with Gasteiger partial charge in [0.1, 0.15) is 0 Å². The molecule has 0 fully saturated rings. The number of carbonyl (C=O) groups excluding carboxylic acids is 2. The zero-order valence-electron chi connectivity index (χ0n) is 17.6. The molecule has 0 bridgehead atoms. The summed E-state index contributed by atoms with van der Waals surface area (Å²) in [5.74, 6) is 0.0379. The molecule has 0 spiro atoms. The maximum atomic E-state index is 12.5. The van der Waals surface area contributed by atoms with Gasteiger partial charge in [-0.25, -0.2) is 4.79 Å². The first-order valence-electron chi connectivity index (χ1n) is 9.80. The number of hydrogen-bond donors (Lipinski definition) is 0. The molecule has 0 N–H and O–H groups in total. The number of rotatable bonds is 7. The van der Waals surface area contributed by atoms with Crippen LogP contribution in [-0.4, -0.2) is 57.2 Å². The average molecular weight is 407 g/mol. The van der Waals surface area contributed by atoms with Gasteiger partial charge >= 0.3 is 5.97 Å².